The highest BCUT2D eigenvalue weighted by Crippen LogP contribution is 2.11. The van der Waals surface area contributed by atoms with E-state index in [-0.39, 0.29) is 5.78 Å². The van der Waals surface area contributed by atoms with Gasteiger partial charge in [0.25, 0.3) is 0 Å². The van der Waals surface area contributed by atoms with E-state index in [1.807, 2.05) is 27.7 Å². The Morgan fingerprint density at radius 1 is 0.650 bits per heavy atom. The summed E-state index contributed by atoms with van der Waals surface area (Å²) in [5, 5.41) is 0. The highest BCUT2D eigenvalue weighted by atomic mass is 19.1. The molecule has 0 aliphatic heterocycles. The minimum Gasteiger partial charge on any atom is -0.289 e. The average molecular weight is 278 g/mol. The Morgan fingerprint density at radius 2 is 0.900 bits per heavy atom. The fourth-order valence-electron chi connectivity index (χ4n) is 1.37. The lowest BCUT2D eigenvalue weighted by atomic mass is 10.0. The molecule has 3 heteroatoms. The summed E-state index contributed by atoms with van der Waals surface area (Å²) in [5.41, 5.74) is 0.765. The van der Waals surface area contributed by atoms with Crippen molar-refractivity contribution >= 4 is 5.78 Å². The van der Waals surface area contributed by atoms with Gasteiger partial charge in [-0.1, -0.05) is 27.7 Å². The quantitative estimate of drug-likeness (QED) is 0.686. The lowest BCUT2D eigenvalue weighted by Gasteiger charge is -2.00. The van der Waals surface area contributed by atoms with E-state index in [1.54, 1.807) is 0 Å². The molecule has 2 aromatic rings. The molecule has 0 atom stereocenters. The highest BCUT2D eigenvalue weighted by molar-refractivity contribution is 6.08. The molecular formula is C17H20F2O. The summed E-state index contributed by atoms with van der Waals surface area (Å²) in [6.45, 7) is 8.00. The van der Waals surface area contributed by atoms with Crippen LogP contribution in [0.2, 0.25) is 0 Å². The number of benzene rings is 2. The molecule has 0 radical (unpaired) electrons. The van der Waals surface area contributed by atoms with Gasteiger partial charge in [-0.2, -0.15) is 0 Å². The SMILES string of the molecule is CC.CC.O=C(c1ccc(F)cc1)c1ccc(F)cc1. The Morgan fingerprint density at radius 3 is 1.15 bits per heavy atom. The number of rotatable bonds is 2. The minimum absolute atomic E-state index is 0.250. The standard InChI is InChI=1S/C13H8F2O.2C2H6/c14-11-5-1-9(2-6-11)13(16)10-3-7-12(15)8-4-10;2*1-2/h1-8H;2*1-2H3. The van der Waals surface area contributed by atoms with E-state index in [4.69, 9.17) is 0 Å². The van der Waals surface area contributed by atoms with Crippen molar-refractivity contribution in [1.82, 2.24) is 0 Å². The Hall–Kier alpha value is -2.03. The zero-order chi connectivity index (χ0) is 15.5. The Bertz CT molecular complexity index is 454. The molecule has 1 nitrogen and oxygen atoms in total. The van der Waals surface area contributed by atoms with Crippen molar-refractivity contribution in [3.63, 3.8) is 0 Å². The summed E-state index contributed by atoms with van der Waals surface area (Å²) in [7, 11) is 0. The number of carbonyl (C=O) groups is 1. The number of hydrogen-bond acceptors (Lipinski definition) is 1. The van der Waals surface area contributed by atoms with Crippen molar-refractivity contribution in [1.29, 1.82) is 0 Å². The van der Waals surface area contributed by atoms with Crippen LogP contribution in [0.15, 0.2) is 48.5 Å². The van der Waals surface area contributed by atoms with Crippen LogP contribution in [0, 0.1) is 11.6 Å². The molecule has 2 rings (SSSR count). The Labute approximate surface area is 119 Å². The topological polar surface area (TPSA) is 17.1 Å². The van der Waals surface area contributed by atoms with Gasteiger partial charge in [-0.25, -0.2) is 8.78 Å². The summed E-state index contributed by atoms with van der Waals surface area (Å²) in [6.07, 6.45) is 0. The number of ketones is 1. The number of hydrogen-bond donors (Lipinski definition) is 0. The van der Waals surface area contributed by atoms with Crippen molar-refractivity contribution in [2.45, 2.75) is 27.7 Å². The van der Waals surface area contributed by atoms with Gasteiger partial charge in [-0.3, -0.25) is 4.79 Å². The fraction of sp³-hybridized carbons (Fsp3) is 0.235. The maximum Gasteiger partial charge on any atom is 0.193 e. The van der Waals surface area contributed by atoms with E-state index in [2.05, 4.69) is 0 Å². The van der Waals surface area contributed by atoms with Crippen molar-refractivity contribution in [2.24, 2.45) is 0 Å². The molecule has 0 amide bonds. The molecule has 0 unspecified atom stereocenters. The molecule has 0 heterocycles. The molecule has 0 fully saturated rings. The normalized spacial score (nSPS) is 8.70. The van der Waals surface area contributed by atoms with Crippen LogP contribution in [0.25, 0.3) is 0 Å². The van der Waals surface area contributed by atoms with Crippen LogP contribution >= 0.6 is 0 Å². The summed E-state index contributed by atoms with van der Waals surface area (Å²) in [6, 6.07) is 10.5. The lowest BCUT2D eigenvalue weighted by Crippen LogP contribution is -2.01. The second-order valence-corrected chi connectivity index (χ2v) is 3.34. The molecule has 0 saturated heterocycles. The van der Waals surface area contributed by atoms with E-state index in [9.17, 15) is 13.6 Å². The lowest BCUT2D eigenvalue weighted by molar-refractivity contribution is 0.103. The zero-order valence-corrected chi connectivity index (χ0v) is 12.3. The van der Waals surface area contributed by atoms with Crippen LogP contribution in [0.3, 0.4) is 0 Å². The van der Waals surface area contributed by atoms with Gasteiger partial charge in [0, 0.05) is 11.1 Å². The fourth-order valence-corrected chi connectivity index (χ4v) is 1.37. The molecular weight excluding hydrogens is 258 g/mol. The Kier molecular flexibility index (Phi) is 8.84. The average Bonchev–Trinajstić information content (AvgIpc) is 2.52. The molecule has 0 spiro atoms. The van der Waals surface area contributed by atoms with Gasteiger partial charge in [0.2, 0.25) is 0 Å². The number of halogens is 2. The van der Waals surface area contributed by atoms with Crippen LogP contribution in [0.5, 0.6) is 0 Å². The molecule has 20 heavy (non-hydrogen) atoms. The Balaban J connectivity index is 0.000000829. The van der Waals surface area contributed by atoms with Gasteiger partial charge in [-0.15, -0.1) is 0 Å². The summed E-state index contributed by atoms with van der Waals surface area (Å²) < 4.78 is 25.3. The van der Waals surface area contributed by atoms with E-state index < -0.39 is 11.6 Å². The third-order valence-electron chi connectivity index (χ3n) is 2.21. The first-order chi connectivity index (χ1) is 9.66. The molecule has 0 aliphatic carbocycles. The van der Waals surface area contributed by atoms with E-state index >= 15 is 0 Å². The van der Waals surface area contributed by atoms with Crippen molar-refractivity contribution in [2.75, 3.05) is 0 Å². The third kappa shape index (κ3) is 5.31. The minimum atomic E-state index is -0.393. The predicted molar refractivity (Wildman–Crippen MR) is 78.9 cm³/mol. The van der Waals surface area contributed by atoms with Gasteiger partial charge >= 0.3 is 0 Å². The van der Waals surface area contributed by atoms with Gasteiger partial charge in [0.1, 0.15) is 11.6 Å². The van der Waals surface area contributed by atoms with E-state index in [0.29, 0.717) is 11.1 Å². The number of carbonyl (C=O) groups excluding carboxylic acids is 1. The molecule has 0 bridgehead atoms. The second kappa shape index (κ2) is 9.84. The van der Waals surface area contributed by atoms with Gasteiger partial charge in [0.15, 0.2) is 5.78 Å². The third-order valence-corrected chi connectivity index (χ3v) is 2.21. The first-order valence-electron chi connectivity index (χ1n) is 6.72. The zero-order valence-electron chi connectivity index (χ0n) is 12.3. The predicted octanol–water partition coefficient (Wildman–Crippen LogP) is 5.25. The van der Waals surface area contributed by atoms with Crippen molar-refractivity contribution in [3.8, 4) is 0 Å². The molecule has 0 saturated carbocycles. The van der Waals surface area contributed by atoms with E-state index in [1.165, 1.54) is 48.5 Å². The maximum atomic E-state index is 12.6. The van der Waals surface area contributed by atoms with Crippen LogP contribution < -0.4 is 0 Å². The molecule has 2 aromatic carbocycles. The second-order valence-electron chi connectivity index (χ2n) is 3.34. The smallest absolute Gasteiger partial charge is 0.193 e. The summed E-state index contributed by atoms with van der Waals surface area (Å²) in [5.74, 6) is -1.04. The van der Waals surface area contributed by atoms with Crippen molar-refractivity contribution < 1.29 is 13.6 Å². The largest absolute Gasteiger partial charge is 0.289 e. The van der Waals surface area contributed by atoms with Crippen LogP contribution in [-0.4, -0.2) is 5.78 Å². The van der Waals surface area contributed by atoms with Gasteiger partial charge in [-0.05, 0) is 48.5 Å². The van der Waals surface area contributed by atoms with E-state index in [0.717, 1.165) is 0 Å². The molecule has 0 aromatic heterocycles. The van der Waals surface area contributed by atoms with Crippen LogP contribution in [0.1, 0.15) is 43.6 Å². The first-order valence-corrected chi connectivity index (χ1v) is 6.72. The molecule has 108 valence electrons. The van der Waals surface area contributed by atoms with Crippen molar-refractivity contribution in [3.05, 3.63) is 71.3 Å². The van der Waals surface area contributed by atoms with Gasteiger partial charge in [0.05, 0.1) is 0 Å². The highest BCUT2D eigenvalue weighted by Gasteiger charge is 2.08. The maximum absolute atomic E-state index is 12.6. The first kappa shape index (κ1) is 18.0. The molecule has 0 aliphatic rings. The monoisotopic (exact) mass is 278 g/mol. The summed E-state index contributed by atoms with van der Waals surface area (Å²) in [4.78, 5) is 11.8. The van der Waals surface area contributed by atoms with Crippen LogP contribution in [-0.2, 0) is 0 Å². The van der Waals surface area contributed by atoms with Gasteiger partial charge < -0.3 is 0 Å². The summed E-state index contributed by atoms with van der Waals surface area (Å²) >= 11 is 0. The van der Waals surface area contributed by atoms with Crippen LogP contribution in [0.4, 0.5) is 8.78 Å². The molecule has 0 N–H and O–H groups in total.